The summed E-state index contributed by atoms with van der Waals surface area (Å²) in [5.74, 6) is 0.787. The lowest BCUT2D eigenvalue weighted by Gasteiger charge is -2.12. The number of rotatable bonds is 12. The first-order chi connectivity index (χ1) is 14.1. The quantitative estimate of drug-likeness (QED) is 0.327. The average Bonchev–Trinajstić information content (AvgIpc) is 2.73. The molecule has 0 radical (unpaired) electrons. The topological polar surface area (TPSA) is 92.7 Å². The molecule has 29 heavy (non-hydrogen) atoms. The van der Waals surface area contributed by atoms with Gasteiger partial charge in [0.05, 0.1) is 5.56 Å². The van der Waals surface area contributed by atoms with Gasteiger partial charge in [0.25, 0.3) is 0 Å². The molecule has 0 spiro atoms. The minimum atomic E-state index is -0.361. The Bertz CT molecular complexity index is 831. The van der Waals surface area contributed by atoms with Crippen molar-refractivity contribution in [2.24, 2.45) is 0 Å². The molecular weight excluding hydrogens is 380 g/mol. The van der Waals surface area contributed by atoms with Crippen molar-refractivity contribution < 1.29 is 38.3 Å². The van der Waals surface area contributed by atoms with Gasteiger partial charge in [0, 0.05) is 27.4 Å². The zero-order valence-corrected chi connectivity index (χ0v) is 16.5. The Kier molecular flexibility index (Phi) is 8.97. The lowest BCUT2D eigenvalue weighted by atomic mass is 10.1. The van der Waals surface area contributed by atoms with E-state index in [9.17, 15) is 9.90 Å². The highest BCUT2D eigenvalue weighted by molar-refractivity contribution is 6.08. The summed E-state index contributed by atoms with van der Waals surface area (Å²) in [7, 11) is 4.52. The van der Waals surface area contributed by atoms with Gasteiger partial charge in [0.2, 0.25) is 0 Å². The lowest BCUT2D eigenvalue weighted by molar-refractivity contribution is 0.0322. The van der Waals surface area contributed by atoms with Gasteiger partial charge >= 0.3 is 0 Å². The van der Waals surface area contributed by atoms with Gasteiger partial charge in [-0.2, -0.15) is 0 Å². The van der Waals surface area contributed by atoms with Crippen molar-refractivity contribution >= 4 is 11.9 Å². The number of benzene rings is 2. The number of carbonyl (C=O) groups is 1. The van der Waals surface area contributed by atoms with Gasteiger partial charge in [-0.3, -0.25) is 4.79 Å². The first-order valence-electron chi connectivity index (χ1n) is 8.63. The minimum absolute atomic E-state index is 0.0425. The molecule has 1 N–H and O–H groups in total. The molecule has 156 valence electrons. The summed E-state index contributed by atoms with van der Waals surface area (Å²) < 4.78 is 30.8. The van der Waals surface area contributed by atoms with Crippen LogP contribution in [0.25, 0.3) is 6.08 Å². The summed E-state index contributed by atoms with van der Waals surface area (Å²) >= 11 is 0. The maximum Gasteiger partial charge on any atom is 0.189 e. The Morgan fingerprint density at radius 1 is 0.862 bits per heavy atom. The average molecular weight is 404 g/mol. The molecule has 0 heterocycles. The van der Waals surface area contributed by atoms with Crippen LogP contribution in [0.1, 0.15) is 15.9 Å². The van der Waals surface area contributed by atoms with Crippen molar-refractivity contribution in [3.05, 3.63) is 53.6 Å². The predicted octanol–water partition coefficient (Wildman–Crippen LogP) is 3.24. The van der Waals surface area contributed by atoms with Crippen molar-refractivity contribution in [1.29, 1.82) is 0 Å². The predicted molar refractivity (Wildman–Crippen MR) is 105 cm³/mol. The number of aromatic hydroxyl groups is 1. The van der Waals surface area contributed by atoms with Crippen LogP contribution in [-0.4, -0.2) is 52.6 Å². The SMILES string of the molecule is COCOc1ccc(C(=O)/C=C/c2ccc(OCOC)c(OCOC)c2)c(O)c1. The van der Waals surface area contributed by atoms with E-state index in [1.807, 2.05) is 0 Å². The van der Waals surface area contributed by atoms with Crippen LogP contribution >= 0.6 is 0 Å². The van der Waals surface area contributed by atoms with E-state index < -0.39 is 0 Å². The Hall–Kier alpha value is -3.07. The van der Waals surface area contributed by atoms with Crippen molar-refractivity contribution in [2.45, 2.75) is 0 Å². The van der Waals surface area contributed by atoms with Crippen LogP contribution in [-0.2, 0) is 14.2 Å². The van der Waals surface area contributed by atoms with Crippen molar-refractivity contribution in [2.75, 3.05) is 41.7 Å². The molecule has 0 atom stereocenters. The highest BCUT2D eigenvalue weighted by atomic mass is 16.7. The number of hydrogen-bond donors (Lipinski definition) is 1. The number of phenolic OH excluding ortho intramolecular Hbond substituents is 1. The summed E-state index contributed by atoms with van der Waals surface area (Å²) in [6.07, 6.45) is 2.97. The first-order valence-corrected chi connectivity index (χ1v) is 8.63. The van der Waals surface area contributed by atoms with Gasteiger partial charge in [-0.15, -0.1) is 0 Å². The van der Waals surface area contributed by atoms with Crippen LogP contribution < -0.4 is 14.2 Å². The Morgan fingerprint density at radius 3 is 2.17 bits per heavy atom. The number of ether oxygens (including phenoxy) is 6. The number of methoxy groups -OCH3 is 3. The van der Waals surface area contributed by atoms with E-state index in [2.05, 4.69) is 0 Å². The monoisotopic (exact) mass is 404 g/mol. The maximum atomic E-state index is 12.4. The molecule has 8 nitrogen and oxygen atoms in total. The standard InChI is InChI=1S/C21H24O8/c1-24-12-27-16-6-7-17(19(23)11-16)18(22)8-4-15-5-9-20(28-13-25-2)21(10-15)29-14-26-3/h4-11,23H,12-14H2,1-3H3/b8-4+. The highest BCUT2D eigenvalue weighted by Crippen LogP contribution is 2.29. The van der Waals surface area contributed by atoms with Crippen LogP contribution in [0.3, 0.4) is 0 Å². The summed E-state index contributed by atoms with van der Waals surface area (Å²) in [5, 5.41) is 10.1. The molecule has 0 aromatic heterocycles. The third-order valence-corrected chi connectivity index (χ3v) is 3.64. The molecule has 8 heteroatoms. The third kappa shape index (κ3) is 6.79. The summed E-state index contributed by atoms with van der Waals surface area (Å²) in [6.45, 7) is 0.158. The molecule has 0 saturated carbocycles. The van der Waals surface area contributed by atoms with Gasteiger partial charge in [-0.05, 0) is 35.9 Å². The molecule has 2 rings (SSSR count). The van der Waals surface area contributed by atoms with Crippen LogP contribution in [0, 0.1) is 0 Å². The van der Waals surface area contributed by atoms with Gasteiger partial charge in [-0.25, -0.2) is 0 Å². The molecule has 2 aromatic carbocycles. The second-order valence-corrected chi connectivity index (χ2v) is 5.74. The summed E-state index contributed by atoms with van der Waals surface area (Å²) in [4.78, 5) is 12.4. The number of allylic oxidation sites excluding steroid dienone is 1. The second kappa shape index (κ2) is 11.7. The normalized spacial score (nSPS) is 10.9. The van der Waals surface area contributed by atoms with Crippen molar-refractivity contribution in [3.8, 4) is 23.0 Å². The number of phenols is 1. The van der Waals surface area contributed by atoms with E-state index >= 15 is 0 Å². The molecule has 0 aliphatic heterocycles. The van der Waals surface area contributed by atoms with E-state index in [1.54, 1.807) is 30.3 Å². The minimum Gasteiger partial charge on any atom is -0.507 e. The van der Waals surface area contributed by atoms with Crippen molar-refractivity contribution in [3.63, 3.8) is 0 Å². The van der Waals surface area contributed by atoms with Crippen molar-refractivity contribution in [1.82, 2.24) is 0 Å². The van der Waals surface area contributed by atoms with E-state index in [0.29, 0.717) is 22.8 Å². The molecule has 0 aliphatic carbocycles. The Morgan fingerprint density at radius 2 is 1.52 bits per heavy atom. The molecule has 0 saturated heterocycles. The number of ketones is 1. The van der Waals surface area contributed by atoms with E-state index in [1.165, 1.54) is 39.5 Å². The zero-order valence-electron chi connectivity index (χ0n) is 16.5. The number of carbonyl (C=O) groups excluding carboxylic acids is 1. The first kappa shape index (κ1) is 22.2. The fourth-order valence-corrected chi connectivity index (χ4v) is 2.30. The number of hydrogen-bond acceptors (Lipinski definition) is 8. The third-order valence-electron chi connectivity index (χ3n) is 3.64. The fraction of sp³-hybridized carbons (Fsp3) is 0.286. The molecule has 0 fully saturated rings. The highest BCUT2D eigenvalue weighted by Gasteiger charge is 2.11. The molecule has 0 amide bonds. The molecule has 0 unspecified atom stereocenters. The Balaban J connectivity index is 2.14. The Labute approximate surface area is 169 Å². The fourth-order valence-electron chi connectivity index (χ4n) is 2.30. The van der Waals surface area contributed by atoms with Crippen LogP contribution in [0.5, 0.6) is 23.0 Å². The van der Waals surface area contributed by atoms with Gasteiger partial charge < -0.3 is 33.5 Å². The van der Waals surface area contributed by atoms with Gasteiger partial charge in [0.1, 0.15) is 11.5 Å². The van der Waals surface area contributed by atoms with E-state index in [-0.39, 0.29) is 37.5 Å². The zero-order chi connectivity index (χ0) is 21.1. The smallest absolute Gasteiger partial charge is 0.189 e. The van der Waals surface area contributed by atoms with Gasteiger partial charge in [-0.1, -0.05) is 12.1 Å². The summed E-state index contributed by atoms with van der Waals surface area (Å²) in [6, 6.07) is 9.60. The van der Waals surface area contributed by atoms with E-state index in [0.717, 1.165) is 0 Å². The molecule has 0 aliphatic rings. The van der Waals surface area contributed by atoms with Crippen LogP contribution in [0.4, 0.5) is 0 Å². The molecule has 0 bridgehead atoms. The lowest BCUT2D eigenvalue weighted by Crippen LogP contribution is -2.04. The largest absolute Gasteiger partial charge is 0.507 e. The van der Waals surface area contributed by atoms with Crippen LogP contribution in [0.2, 0.25) is 0 Å². The second-order valence-electron chi connectivity index (χ2n) is 5.74. The van der Waals surface area contributed by atoms with Gasteiger partial charge in [0.15, 0.2) is 37.7 Å². The van der Waals surface area contributed by atoms with Crippen LogP contribution in [0.15, 0.2) is 42.5 Å². The maximum absolute atomic E-state index is 12.4. The molecule has 2 aromatic rings. The summed E-state index contributed by atoms with van der Waals surface area (Å²) in [5.41, 5.74) is 0.857. The van der Waals surface area contributed by atoms with E-state index in [4.69, 9.17) is 28.4 Å². The molecular formula is C21H24O8.